The van der Waals surface area contributed by atoms with Crippen molar-refractivity contribution in [1.82, 2.24) is 15.1 Å². The van der Waals surface area contributed by atoms with Crippen LogP contribution in [0.4, 0.5) is 0 Å². The minimum atomic E-state index is -0.423. The molecular weight excluding hydrogens is 360 g/mol. The van der Waals surface area contributed by atoms with Crippen LogP contribution in [0.3, 0.4) is 0 Å². The zero-order chi connectivity index (χ0) is 19.1. The van der Waals surface area contributed by atoms with Crippen molar-refractivity contribution in [2.24, 2.45) is 5.73 Å². The lowest BCUT2D eigenvalue weighted by atomic mass is 10.2. The van der Waals surface area contributed by atoms with Gasteiger partial charge in [-0.25, -0.2) is 0 Å². The molecule has 1 heterocycles. The first-order chi connectivity index (χ1) is 13.1. The molecule has 7 heteroatoms. The van der Waals surface area contributed by atoms with Crippen molar-refractivity contribution in [3.05, 3.63) is 66.4 Å². The van der Waals surface area contributed by atoms with Crippen LogP contribution in [-0.2, 0) is 16.1 Å². The van der Waals surface area contributed by atoms with E-state index in [4.69, 9.17) is 5.73 Å². The van der Waals surface area contributed by atoms with E-state index in [0.717, 1.165) is 21.4 Å². The number of carbonyl (C=O) groups is 2. The van der Waals surface area contributed by atoms with Gasteiger partial charge in [0.05, 0.1) is 11.9 Å². The van der Waals surface area contributed by atoms with Crippen LogP contribution < -0.4 is 5.73 Å². The van der Waals surface area contributed by atoms with Crippen LogP contribution in [-0.4, -0.2) is 39.2 Å². The van der Waals surface area contributed by atoms with E-state index < -0.39 is 5.91 Å². The van der Waals surface area contributed by atoms with Crippen LogP contribution in [0.15, 0.2) is 65.8 Å². The Balaban J connectivity index is 1.70. The maximum absolute atomic E-state index is 12.8. The van der Waals surface area contributed by atoms with Gasteiger partial charge in [0.15, 0.2) is 0 Å². The Morgan fingerprint density at radius 1 is 1.04 bits per heavy atom. The molecule has 27 heavy (non-hydrogen) atoms. The monoisotopic (exact) mass is 380 g/mol. The highest BCUT2D eigenvalue weighted by molar-refractivity contribution is 8.00. The van der Waals surface area contributed by atoms with E-state index in [1.54, 1.807) is 11.1 Å². The Kier molecular flexibility index (Phi) is 6.38. The van der Waals surface area contributed by atoms with E-state index in [-0.39, 0.29) is 18.1 Å². The van der Waals surface area contributed by atoms with Crippen molar-refractivity contribution in [3.8, 4) is 0 Å². The summed E-state index contributed by atoms with van der Waals surface area (Å²) in [6, 6.07) is 17.5. The minimum absolute atomic E-state index is 0.0696. The second-order valence-corrected chi connectivity index (χ2v) is 7.01. The largest absolute Gasteiger partial charge is 0.370 e. The molecule has 0 unspecified atom stereocenters. The zero-order valence-corrected chi connectivity index (χ0v) is 15.6. The van der Waals surface area contributed by atoms with Gasteiger partial charge in [-0.1, -0.05) is 66.4 Å². The number of nitrogens with two attached hydrogens (primary N) is 1. The number of hydrogen-bond acceptors (Lipinski definition) is 5. The quantitative estimate of drug-likeness (QED) is 0.607. The first-order valence-electron chi connectivity index (χ1n) is 8.56. The molecule has 1 aromatic heterocycles. The lowest BCUT2D eigenvalue weighted by molar-refractivity contribution is -0.129. The van der Waals surface area contributed by atoms with Gasteiger partial charge in [0.2, 0.25) is 11.8 Å². The summed E-state index contributed by atoms with van der Waals surface area (Å²) < 4.78 is 0. The van der Waals surface area contributed by atoms with Crippen molar-refractivity contribution in [3.63, 3.8) is 0 Å². The predicted octanol–water partition coefficient (Wildman–Crippen LogP) is 2.63. The van der Waals surface area contributed by atoms with Gasteiger partial charge in [0.1, 0.15) is 5.03 Å². The smallest absolute Gasteiger partial charge is 0.233 e. The highest BCUT2D eigenvalue weighted by Gasteiger charge is 2.16. The molecule has 2 aromatic carbocycles. The molecule has 0 fully saturated rings. The molecule has 0 aliphatic rings. The molecule has 0 atom stereocenters. The lowest BCUT2D eigenvalue weighted by Gasteiger charge is -2.22. The third kappa shape index (κ3) is 5.27. The second-order valence-electron chi connectivity index (χ2n) is 6.04. The Bertz CT molecular complexity index is 928. The van der Waals surface area contributed by atoms with Crippen molar-refractivity contribution >= 4 is 34.3 Å². The van der Waals surface area contributed by atoms with Crippen LogP contribution in [0.1, 0.15) is 12.0 Å². The van der Waals surface area contributed by atoms with Crippen molar-refractivity contribution in [2.45, 2.75) is 18.0 Å². The zero-order valence-electron chi connectivity index (χ0n) is 14.7. The van der Waals surface area contributed by atoms with E-state index in [0.29, 0.717) is 13.1 Å². The number of carbonyl (C=O) groups excluding carboxylic acids is 2. The number of aromatic nitrogens is 2. The fraction of sp³-hybridized carbons (Fsp3) is 0.200. The number of fused-ring (bicyclic) bond motifs is 1. The van der Waals surface area contributed by atoms with Crippen LogP contribution in [0.2, 0.25) is 0 Å². The number of rotatable bonds is 8. The highest BCUT2D eigenvalue weighted by atomic mass is 32.2. The molecule has 138 valence electrons. The number of nitrogens with zero attached hydrogens (tertiary/aromatic N) is 3. The lowest BCUT2D eigenvalue weighted by Crippen LogP contribution is -2.34. The fourth-order valence-corrected chi connectivity index (χ4v) is 3.56. The Hall–Kier alpha value is -2.93. The summed E-state index contributed by atoms with van der Waals surface area (Å²) in [5.41, 5.74) is 6.27. The highest BCUT2D eigenvalue weighted by Crippen LogP contribution is 2.25. The summed E-state index contributed by atoms with van der Waals surface area (Å²) in [6.45, 7) is 0.736. The molecule has 0 saturated heterocycles. The van der Waals surface area contributed by atoms with Crippen molar-refractivity contribution < 1.29 is 9.59 Å². The van der Waals surface area contributed by atoms with Crippen LogP contribution in [0.5, 0.6) is 0 Å². The molecule has 0 aliphatic heterocycles. The molecule has 3 aromatic rings. The molecule has 6 nitrogen and oxygen atoms in total. The molecule has 0 saturated carbocycles. The van der Waals surface area contributed by atoms with Crippen molar-refractivity contribution in [1.29, 1.82) is 0 Å². The number of benzene rings is 2. The first kappa shape index (κ1) is 18.8. The van der Waals surface area contributed by atoms with Crippen LogP contribution >= 0.6 is 11.8 Å². The van der Waals surface area contributed by atoms with Gasteiger partial charge in [-0.3, -0.25) is 9.59 Å². The van der Waals surface area contributed by atoms with Gasteiger partial charge in [-0.2, -0.15) is 5.10 Å². The predicted molar refractivity (Wildman–Crippen MR) is 106 cm³/mol. The van der Waals surface area contributed by atoms with E-state index in [2.05, 4.69) is 10.2 Å². The molecule has 0 bridgehead atoms. The van der Waals surface area contributed by atoms with E-state index in [1.807, 2.05) is 54.6 Å². The minimum Gasteiger partial charge on any atom is -0.370 e. The molecule has 2 amide bonds. The topological polar surface area (TPSA) is 89.2 Å². The summed E-state index contributed by atoms with van der Waals surface area (Å²) in [5.74, 6) is -0.276. The number of amides is 2. The molecule has 0 aliphatic carbocycles. The third-order valence-corrected chi connectivity index (χ3v) is 5.03. The Morgan fingerprint density at radius 3 is 2.56 bits per heavy atom. The summed E-state index contributed by atoms with van der Waals surface area (Å²) in [6.07, 6.45) is 1.84. The summed E-state index contributed by atoms with van der Waals surface area (Å²) in [5, 5.41) is 10.8. The standard InChI is InChI=1S/C20H20N4O2S/c21-18(25)10-11-24(13-15-6-2-1-3-7-15)19(26)14-27-20-17-9-5-4-8-16(17)12-22-23-20/h1-9,12H,10-11,13-14H2,(H2,21,25). The molecule has 3 rings (SSSR count). The molecular formula is C20H20N4O2S. The van der Waals surface area contributed by atoms with E-state index in [1.165, 1.54) is 11.8 Å². The van der Waals surface area contributed by atoms with Crippen LogP contribution in [0.25, 0.3) is 10.8 Å². The Labute approximate surface area is 161 Å². The van der Waals surface area contributed by atoms with Crippen molar-refractivity contribution in [2.75, 3.05) is 12.3 Å². The summed E-state index contributed by atoms with van der Waals surface area (Å²) in [7, 11) is 0. The van der Waals surface area contributed by atoms with Crippen LogP contribution in [0, 0.1) is 0 Å². The molecule has 0 radical (unpaired) electrons. The molecule has 0 spiro atoms. The van der Waals surface area contributed by atoms with Gasteiger partial charge in [0.25, 0.3) is 0 Å². The second kappa shape index (κ2) is 9.14. The SMILES string of the molecule is NC(=O)CCN(Cc1ccccc1)C(=O)CSc1nncc2ccccc12. The maximum Gasteiger partial charge on any atom is 0.233 e. The average molecular weight is 380 g/mol. The Morgan fingerprint density at radius 2 is 1.78 bits per heavy atom. The van der Waals surface area contributed by atoms with Gasteiger partial charge in [-0.05, 0) is 5.56 Å². The van der Waals surface area contributed by atoms with E-state index in [9.17, 15) is 9.59 Å². The molecule has 2 N–H and O–H groups in total. The normalized spacial score (nSPS) is 10.7. The third-order valence-electron chi connectivity index (χ3n) is 4.07. The first-order valence-corrected chi connectivity index (χ1v) is 9.55. The average Bonchev–Trinajstić information content (AvgIpc) is 2.70. The number of primary amides is 1. The summed E-state index contributed by atoms with van der Waals surface area (Å²) >= 11 is 1.35. The summed E-state index contributed by atoms with van der Waals surface area (Å²) in [4.78, 5) is 25.6. The fourth-order valence-electron chi connectivity index (χ4n) is 2.67. The maximum atomic E-state index is 12.8. The van der Waals surface area contributed by atoms with E-state index >= 15 is 0 Å². The number of thioether (sulfide) groups is 1. The van der Waals surface area contributed by atoms with Gasteiger partial charge >= 0.3 is 0 Å². The van der Waals surface area contributed by atoms with Gasteiger partial charge < -0.3 is 10.6 Å². The van der Waals surface area contributed by atoms with Gasteiger partial charge in [-0.15, -0.1) is 5.10 Å². The number of hydrogen-bond donors (Lipinski definition) is 1. The van der Waals surface area contributed by atoms with Gasteiger partial charge in [0, 0.05) is 30.3 Å².